The molecule has 1 aromatic carbocycles. The Hall–Kier alpha value is -3.12. The molecule has 3 heterocycles. The highest BCUT2D eigenvalue weighted by Gasteiger charge is 2.44. The summed E-state index contributed by atoms with van der Waals surface area (Å²) < 4.78 is 8.52. The number of hydrogen-bond donors (Lipinski definition) is 3. The maximum atomic E-state index is 13.4. The quantitative estimate of drug-likeness (QED) is 0.459. The maximum Gasteiger partial charge on any atom is 0.339 e. The minimum absolute atomic E-state index is 0.0447. The number of nitrogens with zero attached hydrogens (tertiary/aromatic N) is 4. The molecule has 170 valence electrons. The van der Waals surface area contributed by atoms with Crippen molar-refractivity contribution < 1.29 is 24.9 Å². The van der Waals surface area contributed by atoms with Gasteiger partial charge in [0.1, 0.15) is 18.3 Å². The van der Waals surface area contributed by atoms with Crippen molar-refractivity contribution in [3.63, 3.8) is 0 Å². The molecule has 3 aromatic rings. The monoisotopic (exact) mass is 444 g/mol. The van der Waals surface area contributed by atoms with E-state index in [4.69, 9.17) is 4.74 Å². The average Bonchev–Trinajstić information content (AvgIpc) is 3.36. The van der Waals surface area contributed by atoms with E-state index in [2.05, 4.69) is 4.98 Å². The molecule has 4 rings (SSSR count). The lowest BCUT2D eigenvalue weighted by atomic mass is 10.1. The summed E-state index contributed by atoms with van der Waals surface area (Å²) in [5, 5.41) is 29.9. The topological polar surface area (TPSA) is 149 Å². The highest BCUT2D eigenvalue weighted by molar-refractivity contribution is 5.96. The van der Waals surface area contributed by atoms with Gasteiger partial charge >= 0.3 is 5.69 Å². The van der Waals surface area contributed by atoms with Gasteiger partial charge in [-0.15, -0.1) is 0 Å². The number of carbonyl (C=O) groups is 1. The Morgan fingerprint density at radius 1 is 1.16 bits per heavy atom. The number of aromatic nitrogens is 4. The van der Waals surface area contributed by atoms with Gasteiger partial charge in [0.05, 0.1) is 12.9 Å². The summed E-state index contributed by atoms with van der Waals surface area (Å²) in [6.07, 6.45) is -2.57. The van der Waals surface area contributed by atoms with Crippen molar-refractivity contribution in [2.45, 2.75) is 50.8 Å². The van der Waals surface area contributed by atoms with Crippen LogP contribution in [0.3, 0.4) is 0 Å². The molecule has 0 radical (unpaired) electrons. The molecular weight excluding hydrogens is 420 g/mol. The zero-order valence-corrected chi connectivity index (χ0v) is 17.4. The first-order valence-electron chi connectivity index (χ1n) is 10.3. The molecular formula is C21H24N4O7. The third-order valence-corrected chi connectivity index (χ3v) is 5.61. The van der Waals surface area contributed by atoms with E-state index in [0.717, 1.165) is 6.42 Å². The number of aliphatic hydroxyl groups excluding tert-OH is 3. The van der Waals surface area contributed by atoms with Gasteiger partial charge < -0.3 is 20.1 Å². The van der Waals surface area contributed by atoms with Gasteiger partial charge in [-0.1, -0.05) is 31.5 Å². The average molecular weight is 444 g/mol. The molecule has 0 bridgehead atoms. The first-order chi connectivity index (χ1) is 15.4. The molecule has 1 fully saturated rings. The number of unbranched alkanes of at least 4 members (excludes halogenated alkanes) is 1. The van der Waals surface area contributed by atoms with E-state index >= 15 is 0 Å². The molecule has 0 spiro atoms. The third kappa shape index (κ3) is 3.48. The molecule has 0 amide bonds. The largest absolute Gasteiger partial charge is 0.394 e. The van der Waals surface area contributed by atoms with Gasteiger partial charge in [0, 0.05) is 12.1 Å². The van der Waals surface area contributed by atoms with E-state index < -0.39 is 48.3 Å². The lowest BCUT2D eigenvalue weighted by Gasteiger charge is -2.17. The summed E-state index contributed by atoms with van der Waals surface area (Å²) in [5.74, 6) is -0.790. The van der Waals surface area contributed by atoms with Gasteiger partial charge in [-0.2, -0.15) is 4.57 Å². The Morgan fingerprint density at radius 2 is 1.88 bits per heavy atom. The fraction of sp³-hybridized carbons (Fsp3) is 0.429. The van der Waals surface area contributed by atoms with Crippen molar-refractivity contribution >= 4 is 17.1 Å². The summed E-state index contributed by atoms with van der Waals surface area (Å²) >= 11 is 0. The summed E-state index contributed by atoms with van der Waals surface area (Å²) in [4.78, 5) is 43.8. The molecule has 1 saturated heterocycles. The standard InChI is InChI=1S/C21H24N4O7/c1-2-3-9-23-17-14(24(11-22-17)20-16(28)15(27)13(10-26)32-20)19(30)25(21(23)31)18(29)12-7-5-4-6-8-12/h4-8,11,13,15-16,20,26-28H,2-3,9-10H2,1H3/t13-,15-,16-,20?/m1/s1. The van der Waals surface area contributed by atoms with Crippen LogP contribution in [0.2, 0.25) is 0 Å². The molecule has 11 heteroatoms. The minimum Gasteiger partial charge on any atom is -0.394 e. The second kappa shape index (κ2) is 8.79. The van der Waals surface area contributed by atoms with E-state index in [1.165, 1.54) is 27.6 Å². The molecule has 3 N–H and O–H groups in total. The Morgan fingerprint density at radius 3 is 2.50 bits per heavy atom. The maximum absolute atomic E-state index is 13.4. The fourth-order valence-corrected chi connectivity index (χ4v) is 3.87. The zero-order chi connectivity index (χ0) is 23.0. The smallest absolute Gasteiger partial charge is 0.339 e. The summed E-state index contributed by atoms with van der Waals surface area (Å²) in [5.41, 5.74) is -1.65. The van der Waals surface area contributed by atoms with E-state index in [1.54, 1.807) is 18.2 Å². The predicted octanol–water partition coefficient (Wildman–Crippen LogP) is -0.540. The number of benzene rings is 1. The number of carbonyl (C=O) groups excluding carboxylic acids is 1. The Labute approximate surface area is 181 Å². The van der Waals surface area contributed by atoms with E-state index in [-0.39, 0.29) is 23.3 Å². The van der Waals surface area contributed by atoms with Crippen molar-refractivity contribution in [3.05, 3.63) is 63.1 Å². The lowest BCUT2D eigenvalue weighted by Crippen LogP contribution is -2.44. The highest BCUT2D eigenvalue weighted by atomic mass is 16.6. The lowest BCUT2D eigenvalue weighted by molar-refractivity contribution is -0.0509. The van der Waals surface area contributed by atoms with Crippen LogP contribution in [0, 0.1) is 0 Å². The van der Waals surface area contributed by atoms with Gasteiger partial charge in [-0.05, 0) is 18.6 Å². The minimum atomic E-state index is -1.46. The van der Waals surface area contributed by atoms with Gasteiger partial charge in [0.15, 0.2) is 17.4 Å². The number of ether oxygens (including phenoxy) is 1. The summed E-state index contributed by atoms with van der Waals surface area (Å²) in [7, 11) is 0. The number of hydrogen-bond acceptors (Lipinski definition) is 8. The van der Waals surface area contributed by atoms with Crippen molar-refractivity contribution in [2.24, 2.45) is 0 Å². The number of aliphatic hydroxyl groups is 3. The van der Waals surface area contributed by atoms with Crippen molar-refractivity contribution in [1.82, 2.24) is 18.7 Å². The molecule has 2 aromatic heterocycles. The Balaban J connectivity index is 1.95. The molecule has 0 aliphatic carbocycles. The van der Waals surface area contributed by atoms with Crippen LogP contribution < -0.4 is 11.2 Å². The van der Waals surface area contributed by atoms with Crippen LogP contribution >= 0.6 is 0 Å². The SMILES string of the molecule is CCCCn1c(=O)n(C(=O)c2ccccc2)c(=O)c2c1ncn2C1O[C@H](CO)[C@@H](O)[C@H]1O. The Bertz CT molecular complexity index is 1250. The van der Waals surface area contributed by atoms with E-state index in [1.807, 2.05) is 6.92 Å². The number of aryl methyl sites for hydroxylation is 1. The summed E-state index contributed by atoms with van der Waals surface area (Å²) in [6.45, 7) is 1.62. The van der Waals surface area contributed by atoms with Crippen LogP contribution in [-0.2, 0) is 11.3 Å². The molecule has 0 saturated carbocycles. The second-order valence-electron chi connectivity index (χ2n) is 7.65. The van der Waals surface area contributed by atoms with E-state index in [9.17, 15) is 29.7 Å². The Kier molecular flexibility index (Phi) is 6.07. The van der Waals surface area contributed by atoms with Gasteiger partial charge in [-0.3, -0.25) is 18.7 Å². The van der Waals surface area contributed by atoms with Crippen molar-refractivity contribution in [3.8, 4) is 0 Å². The molecule has 1 aliphatic rings. The predicted molar refractivity (Wildman–Crippen MR) is 112 cm³/mol. The van der Waals surface area contributed by atoms with Gasteiger partial charge in [-0.25, -0.2) is 9.78 Å². The first kappa shape index (κ1) is 22.1. The van der Waals surface area contributed by atoms with Crippen LogP contribution in [0.1, 0.15) is 36.4 Å². The molecule has 11 nitrogen and oxygen atoms in total. The van der Waals surface area contributed by atoms with Crippen molar-refractivity contribution in [1.29, 1.82) is 0 Å². The number of rotatable bonds is 6. The zero-order valence-electron chi connectivity index (χ0n) is 17.4. The highest BCUT2D eigenvalue weighted by Crippen LogP contribution is 2.30. The fourth-order valence-electron chi connectivity index (χ4n) is 3.87. The van der Waals surface area contributed by atoms with Gasteiger partial charge in [0.25, 0.3) is 11.5 Å². The van der Waals surface area contributed by atoms with Crippen LogP contribution in [0.25, 0.3) is 11.2 Å². The van der Waals surface area contributed by atoms with Crippen molar-refractivity contribution in [2.75, 3.05) is 6.61 Å². The second-order valence-corrected chi connectivity index (χ2v) is 7.65. The normalized spacial score (nSPS) is 23.1. The summed E-state index contributed by atoms with van der Waals surface area (Å²) in [6, 6.07) is 7.95. The molecule has 1 aliphatic heterocycles. The van der Waals surface area contributed by atoms with Crippen LogP contribution in [-0.4, -0.2) is 64.8 Å². The van der Waals surface area contributed by atoms with Crippen LogP contribution in [0.15, 0.2) is 46.2 Å². The van der Waals surface area contributed by atoms with Crippen LogP contribution in [0.4, 0.5) is 0 Å². The van der Waals surface area contributed by atoms with E-state index in [0.29, 0.717) is 11.0 Å². The molecule has 1 unspecified atom stereocenters. The third-order valence-electron chi connectivity index (χ3n) is 5.61. The number of fused-ring (bicyclic) bond motifs is 1. The number of imidazole rings is 1. The van der Waals surface area contributed by atoms with Gasteiger partial charge in [0.2, 0.25) is 0 Å². The molecule has 4 atom stereocenters. The van der Waals surface area contributed by atoms with Crippen LogP contribution in [0.5, 0.6) is 0 Å². The first-order valence-corrected chi connectivity index (χ1v) is 10.3. The molecule has 32 heavy (non-hydrogen) atoms.